The van der Waals surface area contributed by atoms with Gasteiger partial charge in [0.25, 0.3) is 0 Å². The summed E-state index contributed by atoms with van der Waals surface area (Å²) < 4.78 is 9.51. The third-order valence-electron chi connectivity index (χ3n) is 2.87. The number of rotatable bonds is 4. The number of aromatic hydroxyl groups is 1. The highest BCUT2D eigenvalue weighted by molar-refractivity contribution is 6.05. The molecule has 0 aromatic heterocycles. The van der Waals surface area contributed by atoms with Crippen LogP contribution in [0.5, 0.6) is 5.75 Å². The molecule has 0 aliphatic rings. The Morgan fingerprint density at radius 1 is 1.26 bits per heavy atom. The Hall–Kier alpha value is -2.04. The van der Waals surface area contributed by atoms with Crippen molar-refractivity contribution >= 4 is 11.9 Å². The molecule has 0 saturated carbocycles. The summed E-state index contributed by atoms with van der Waals surface area (Å²) in [6, 6.07) is 1.54. The van der Waals surface area contributed by atoms with Crippen LogP contribution in [0.15, 0.2) is 6.07 Å². The van der Waals surface area contributed by atoms with Gasteiger partial charge in [0, 0.05) is 0 Å². The summed E-state index contributed by atoms with van der Waals surface area (Å²) in [4.78, 5) is 23.6. The average Bonchev–Trinajstić information content (AvgIpc) is 2.37. The van der Waals surface area contributed by atoms with Gasteiger partial charge >= 0.3 is 11.9 Å². The van der Waals surface area contributed by atoms with Crippen LogP contribution >= 0.6 is 0 Å². The Morgan fingerprint density at radius 3 is 2.37 bits per heavy atom. The summed E-state index contributed by atoms with van der Waals surface area (Å²) in [6.45, 7) is 5.44. The van der Waals surface area contributed by atoms with Crippen molar-refractivity contribution in [2.45, 2.75) is 27.2 Å². The maximum atomic E-state index is 11.9. The van der Waals surface area contributed by atoms with Crippen molar-refractivity contribution in [3.05, 3.63) is 28.3 Å². The number of methoxy groups -OCH3 is 1. The summed E-state index contributed by atoms with van der Waals surface area (Å²) in [5, 5.41) is 10.2. The Kier molecular flexibility index (Phi) is 4.92. The molecule has 0 amide bonds. The highest BCUT2D eigenvalue weighted by Crippen LogP contribution is 2.31. The predicted octanol–water partition coefficient (Wildman–Crippen LogP) is 2.23. The molecule has 0 unspecified atom stereocenters. The summed E-state index contributed by atoms with van der Waals surface area (Å²) in [5.41, 5.74) is 1.24. The highest BCUT2D eigenvalue weighted by Gasteiger charge is 2.26. The Bertz CT molecular complexity index is 505. The van der Waals surface area contributed by atoms with Gasteiger partial charge in [-0.05, 0) is 37.5 Å². The fraction of sp³-hybridized carbons (Fsp3) is 0.429. The minimum Gasteiger partial charge on any atom is -0.507 e. The molecule has 1 rings (SSSR count). The zero-order valence-corrected chi connectivity index (χ0v) is 11.6. The van der Waals surface area contributed by atoms with Crippen molar-refractivity contribution in [1.29, 1.82) is 0 Å². The number of esters is 2. The SMILES string of the molecule is CCOC(=O)c1c(C(=O)OC)cc(C)c(CC)c1O. The number of carbonyl (C=O) groups excluding carboxylic acids is 2. The van der Waals surface area contributed by atoms with Crippen molar-refractivity contribution in [3.63, 3.8) is 0 Å². The van der Waals surface area contributed by atoms with Crippen LogP contribution in [0.3, 0.4) is 0 Å². The molecule has 0 radical (unpaired) electrons. The van der Waals surface area contributed by atoms with Crippen LogP contribution in [-0.2, 0) is 15.9 Å². The second-order valence-corrected chi connectivity index (χ2v) is 4.01. The standard InChI is InChI=1S/C14H18O5/c1-5-9-8(3)7-10(13(16)18-4)11(12(9)15)14(17)19-6-2/h7,15H,5-6H2,1-4H3. The summed E-state index contributed by atoms with van der Waals surface area (Å²) in [6.07, 6.45) is 0.547. The van der Waals surface area contributed by atoms with Gasteiger partial charge in [-0.3, -0.25) is 0 Å². The zero-order valence-electron chi connectivity index (χ0n) is 11.6. The number of phenolic OH excluding ortho intramolecular Hbond substituents is 1. The first kappa shape index (κ1) is 15.0. The predicted molar refractivity (Wildman–Crippen MR) is 69.5 cm³/mol. The van der Waals surface area contributed by atoms with Gasteiger partial charge in [0.1, 0.15) is 11.3 Å². The van der Waals surface area contributed by atoms with E-state index in [1.165, 1.54) is 13.2 Å². The largest absolute Gasteiger partial charge is 0.507 e. The van der Waals surface area contributed by atoms with Gasteiger partial charge in [0.15, 0.2) is 0 Å². The van der Waals surface area contributed by atoms with Gasteiger partial charge in [-0.2, -0.15) is 0 Å². The molecule has 1 aromatic carbocycles. The van der Waals surface area contributed by atoms with Crippen LogP contribution in [0, 0.1) is 6.92 Å². The third kappa shape index (κ3) is 2.86. The normalized spacial score (nSPS) is 10.1. The number of hydrogen-bond acceptors (Lipinski definition) is 5. The van der Waals surface area contributed by atoms with Crippen molar-refractivity contribution in [3.8, 4) is 5.75 Å². The lowest BCUT2D eigenvalue weighted by molar-refractivity contribution is 0.0500. The molecule has 0 saturated heterocycles. The molecule has 104 valence electrons. The van der Waals surface area contributed by atoms with E-state index < -0.39 is 11.9 Å². The molecule has 5 nitrogen and oxygen atoms in total. The molecule has 0 fully saturated rings. The van der Waals surface area contributed by atoms with Crippen LogP contribution in [-0.4, -0.2) is 30.8 Å². The molecule has 0 heterocycles. The molecule has 19 heavy (non-hydrogen) atoms. The number of aryl methyl sites for hydroxylation is 1. The topological polar surface area (TPSA) is 72.8 Å². The summed E-state index contributed by atoms with van der Waals surface area (Å²) in [5.74, 6) is -1.61. The summed E-state index contributed by atoms with van der Waals surface area (Å²) >= 11 is 0. The van der Waals surface area contributed by atoms with E-state index in [2.05, 4.69) is 4.74 Å². The molecule has 0 aliphatic heterocycles. The van der Waals surface area contributed by atoms with Gasteiger partial charge in [0.05, 0.1) is 19.3 Å². The molecular weight excluding hydrogens is 248 g/mol. The van der Waals surface area contributed by atoms with Crippen molar-refractivity contribution in [2.75, 3.05) is 13.7 Å². The highest BCUT2D eigenvalue weighted by atomic mass is 16.5. The number of benzene rings is 1. The molecule has 0 spiro atoms. The monoisotopic (exact) mass is 266 g/mol. The first-order chi connectivity index (χ1) is 8.97. The van der Waals surface area contributed by atoms with E-state index in [4.69, 9.17) is 4.74 Å². The Balaban J connectivity index is 3.53. The van der Waals surface area contributed by atoms with Crippen LogP contribution in [0.1, 0.15) is 45.7 Å². The molecule has 0 atom stereocenters. The lowest BCUT2D eigenvalue weighted by Gasteiger charge is -2.14. The molecule has 1 N–H and O–H groups in total. The van der Waals surface area contributed by atoms with Gasteiger partial charge in [-0.25, -0.2) is 9.59 Å². The van der Waals surface area contributed by atoms with Gasteiger partial charge in [0.2, 0.25) is 0 Å². The quantitative estimate of drug-likeness (QED) is 0.846. The summed E-state index contributed by atoms with van der Waals surface area (Å²) in [7, 11) is 1.22. The van der Waals surface area contributed by atoms with Gasteiger partial charge in [-0.1, -0.05) is 6.92 Å². The van der Waals surface area contributed by atoms with E-state index in [0.29, 0.717) is 12.0 Å². The Labute approximate surface area is 112 Å². The van der Waals surface area contributed by atoms with Crippen LogP contribution in [0.4, 0.5) is 0 Å². The van der Waals surface area contributed by atoms with Gasteiger partial charge in [-0.15, -0.1) is 0 Å². The number of carbonyl (C=O) groups is 2. The first-order valence-corrected chi connectivity index (χ1v) is 6.08. The van der Waals surface area contributed by atoms with Crippen LogP contribution in [0.25, 0.3) is 0 Å². The minimum absolute atomic E-state index is 0.0214. The number of phenols is 1. The second-order valence-electron chi connectivity index (χ2n) is 4.01. The number of ether oxygens (including phenoxy) is 2. The zero-order chi connectivity index (χ0) is 14.6. The van der Waals surface area contributed by atoms with E-state index in [-0.39, 0.29) is 23.5 Å². The molecule has 1 aromatic rings. The van der Waals surface area contributed by atoms with E-state index in [0.717, 1.165) is 5.56 Å². The molecule has 0 bridgehead atoms. The smallest absolute Gasteiger partial charge is 0.342 e. The fourth-order valence-electron chi connectivity index (χ4n) is 1.97. The maximum Gasteiger partial charge on any atom is 0.342 e. The fourth-order valence-corrected chi connectivity index (χ4v) is 1.97. The van der Waals surface area contributed by atoms with E-state index in [1.807, 2.05) is 6.92 Å². The lowest BCUT2D eigenvalue weighted by Crippen LogP contribution is -2.15. The van der Waals surface area contributed by atoms with Gasteiger partial charge < -0.3 is 14.6 Å². The van der Waals surface area contributed by atoms with Crippen LogP contribution < -0.4 is 0 Å². The van der Waals surface area contributed by atoms with Crippen LogP contribution in [0.2, 0.25) is 0 Å². The number of hydrogen-bond donors (Lipinski definition) is 1. The van der Waals surface area contributed by atoms with Crippen molar-refractivity contribution in [1.82, 2.24) is 0 Å². The molecular formula is C14H18O5. The van der Waals surface area contributed by atoms with Crippen molar-refractivity contribution < 1.29 is 24.2 Å². The maximum absolute atomic E-state index is 11.9. The Morgan fingerprint density at radius 2 is 1.89 bits per heavy atom. The molecule has 0 aliphatic carbocycles. The van der Waals surface area contributed by atoms with E-state index >= 15 is 0 Å². The molecule has 5 heteroatoms. The first-order valence-electron chi connectivity index (χ1n) is 6.08. The lowest BCUT2D eigenvalue weighted by atomic mass is 9.96. The second kappa shape index (κ2) is 6.22. The average molecular weight is 266 g/mol. The minimum atomic E-state index is -0.727. The van der Waals surface area contributed by atoms with Crippen molar-refractivity contribution in [2.24, 2.45) is 0 Å². The third-order valence-corrected chi connectivity index (χ3v) is 2.87. The van der Waals surface area contributed by atoms with E-state index in [9.17, 15) is 14.7 Å². The van der Waals surface area contributed by atoms with E-state index in [1.54, 1.807) is 13.8 Å².